The summed E-state index contributed by atoms with van der Waals surface area (Å²) >= 11 is 0. The number of ether oxygens (including phenoxy) is 1. The summed E-state index contributed by atoms with van der Waals surface area (Å²) in [5, 5.41) is 3.21. The maximum atomic E-state index is 14.9. The van der Waals surface area contributed by atoms with Crippen molar-refractivity contribution in [3.8, 4) is 0 Å². The van der Waals surface area contributed by atoms with Crippen LogP contribution in [0.4, 0.5) is 9.18 Å². The van der Waals surface area contributed by atoms with Crippen LogP contribution < -0.4 is 5.32 Å². The Hall–Kier alpha value is -2.68. The van der Waals surface area contributed by atoms with Crippen LogP contribution in [0.3, 0.4) is 0 Å². The highest BCUT2D eigenvalue weighted by Gasteiger charge is 2.29. The van der Waals surface area contributed by atoms with Crippen molar-refractivity contribution in [3.63, 3.8) is 0 Å². The Kier molecular flexibility index (Phi) is 5.88. The van der Waals surface area contributed by atoms with Gasteiger partial charge in [0.1, 0.15) is 11.4 Å². The molecule has 1 aromatic heterocycles. The molecule has 1 aromatic carbocycles. The molecule has 0 bridgehead atoms. The number of benzene rings is 1. The summed E-state index contributed by atoms with van der Waals surface area (Å²) in [6.45, 7) is 9.33. The number of halogens is 1. The van der Waals surface area contributed by atoms with Crippen molar-refractivity contribution in [2.24, 2.45) is 0 Å². The summed E-state index contributed by atoms with van der Waals surface area (Å²) in [5.41, 5.74) is 1.16. The molecule has 0 unspecified atom stereocenters. The first kappa shape index (κ1) is 21.5. The van der Waals surface area contributed by atoms with Crippen LogP contribution in [0.25, 0.3) is 11.0 Å². The third kappa shape index (κ3) is 4.81. The number of piperidine rings is 1. The number of aromatic amines is 1. The third-order valence-electron chi connectivity index (χ3n) is 5.79. The van der Waals surface area contributed by atoms with Gasteiger partial charge in [-0.3, -0.25) is 4.79 Å². The van der Waals surface area contributed by atoms with Crippen LogP contribution >= 0.6 is 0 Å². The van der Waals surface area contributed by atoms with E-state index in [2.05, 4.69) is 15.3 Å². The lowest BCUT2D eigenvalue weighted by Crippen LogP contribution is -2.46. The van der Waals surface area contributed by atoms with E-state index < -0.39 is 5.60 Å². The summed E-state index contributed by atoms with van der Waals surface area (Å²) in [6, 6.07) is 3.16. The van der Waals surface area contributed by atoms with Crippen molar-refractivity contribution in [2.75, 3.05) is 39.3 Å². The number of fused-ring (bicyclic) bond motifs is 1. The van der Waals surface area contributed by atoms with Gasteiger partial charge in [-0.05, 0) is 57.2 Å². The van der Waals surface area contributed by atoms with Gasteiger partial charge in [0.2, 0.25) is 0 Å². The van der Waals surface area contributed by atoms with E-state index >= 15 is 0 Å². The molecular formula is C22H30FN5O3. The zero-order chi connectivity index (χ0) is 22.2. The Balaban J connectivity index is 1.47. The predicted molar refractivity (Wildman–Crippen MR) is 115 cm³/mol. The average molecular weight is 432 g/mol. The molecule has 3 heterocycles. The second-order valence-corrected chi connectivity index (χ2v) is 9.26. The van der Waals surface area contributed by atoms with Gasteiger partial charge < -0.3 is 24.8 Å². The molecule has 0 spiro atoms. The van der Waals surface area contributed by atoms with Crippen molar-refractivity contribution in [1.29, 1.82) is 0 Å². The van der Waals surface area contributed by atoms with E-state index in [0.29, 0.717) is 55.6 Å². The third-order valence-corrected chi connectivity index (χ3v) is 5.79. The monoisotopic (exact) mass is 431 g/mol. The summed E-state index contributed by atoms with van der Waals surface area (Å²) in [7, 11) is 0. The number of imidazole rings is 1. The van der Waals surface area contributed by atoms with Crippen LogP contribution in [0.1, 0.15) is 55.7 Å². The van der Waals surface area contributed by atoms with E-state index in [9.17, 15) is 14.0 Å². The van der Waals surface area contributed by atoms with E-state index in [4.69, 9.17) is 4.74 Å². The van der Waals surface area contributed by atoms with Gasteiger partial charge in [-0.25, -0.2) is 14.2 Å². The number of H-pyrrole nitrogens is 1. The minimum atomic E-state index is -0.537. The minimum Gasteiger partial charge on any atom is -0.444 e. The maximum absolute atomic E-state index is 14.9. The summed E-state index contributed by atoms with van der Waals surface area (Å²) in [5.74, 6) is -0.237. The number of piperazine rings is 1. The molecule has 0 atom stereocenters. The number of hydrogen-bond donors (Lipinski definition) is 2. The SMILES string of the molecule is CC(C)(C)OC(=O)N1CCC(c2cc3nc(C(=O)N4CCNCC4)[nH]c3cc2F)CC1. The van der Waals surface area contributed by atoms with E-state index in [1.54, 1.807) is 15.9 Å². The van der Waals surface area contributed by atoms with Crippen molar-refractivity contribution in [1.82, 2.24) is 25.1 Å². The first-order chi connectivity index (χ1) is 14.7. The molecule has 4 rings (SSSR count). The van der Waals surface area contributed by atoms with Gasteiger partial charge >= 0.3 is 6.09 Å². The molecule has 8 nitrogen and oxygen atoms in total. The molecular weight excluding hydrogens is 401 g/mol. The fourth-order valence-electron chi connectivity index (χ4n) is 4.18. The quantitative estimate of drug-likeness (QED) is 0.763. The molecule has 0 radical (unpaired) electrons. The molecule has 2 aliphatic heterocycles. The Morgan fingerprint density at radius 1 is 1.10 bits per heavy atom. The average Bonchev–Trinajstić information content (AvgIpc) is 3.15. The fourth-order valence-corrected chi connectivity index (χ4v) is 4.18. The molecule has 2 fully saturated rings. The van der Waals surface area contributed by atoms with Gasteiger partial charge in [0.15, 0.2) is 5.82 Å². The standard InChI is InChI=1S/C22H30FN5O3/c1-22(2,3)31-21(30)28-8-4-14(5-9-28)15-12-17-18(13-16(15)23)26-19(25-17)20(29)27-10-6-24-7-11-27/h12-14,24H,4-11H2,1-3H3,(H,25,26). The first-order valence-electron chi connectivity index (χ1n) is 10.9. The molecule has 0 aliphatic carbocycles. The molecule has 9 heteroatoms. The van der Waals surface area contributed by atoms with Crippen molar-refractivity contribution < 1.29 is 18.7 Å². The molecule has 2 saturated heterocycles. The first-order valence-corrected chi connectivity index (χ1v) is 10.9. The van der Waals surface area contributed by atoms with Crippen molar-refractivity contribution >= 4 is 23.0 Å². The number of hydrogen-bond acceptors (Lipinski definition) is 5. The van der Waals surface area contributed by atoms with Gasteiger partial charge in [0.25, 0.3) is 5.91 Å². The van der Waals surface area contributed by atoms with Crippen LogP contribution in [0.5, 0.6) is 0 Å². The molecule has 31 heavy (non-hydrogen) atoms. The highest BCUT2D eigenvalue weighted by Crippen LogP contribution is 2.32. The fraction of sp³-hybridized carbons (Fsp3) is 0.591. The Bertz CT molecular complexity index is 969. The Morgan fingerprint density at radius 3 is 2.42 bits per heavy atom. The largest absolute Gasteiger partial charge is 0.444 e. The van der Waals surface area contributed by atoms with Gasteiger partial charge in [0.05, 0.1) is 11.0 Å². The Morgan fingerprint density at radius 2 is 1.77 bits per heavy atom. The number of nitrogens with one attached hydrogen (secondary N) is 2. The second-order valence-electron chi connectivity index (χ2n) is 9.26. The van der Waals surface area contributed by atoms with E-state index in [1.165, 1.54) is 6.07 Å². The number of carbonyl (C=O) groups is 2. The molecule has 2 aliphatic rings. The van der Waals surface area contributed by atoms with E-state index in [-0.39, 0.29) is 29.6 Å². The predicted octanol–water partition coefficient (Wildman–Crippen LogP) is 2.86. The highest BCUT2D eigenvalue weighted by molar-refractivity contribution is 5.94. The normalized spacial score (nSPS) is 18.5. The number of aromatic nitrogens is 2. The van der Waals surface area contributed by atoms with Gasteiger partial charge in [-0.15, -0.1) is 0 Å². The number of amides is 2. The van der Waals surface area contributed by atoms with Crippen molar-refractivity contribution in [3.05, 3.63) is 29.3 Å². The molecule has 168 valence electrons. The molecule has 2 aromatic rings. The van der Waals surface area contributed by atoms with Gasteiger partial charge in [-0.2, -0.15) is 0 Å². The summed E-state index contributed by atoms with van der Waals surface area (Å²) in [6.07, 6.45) is 0.974. The van der Waals surface area contributed by atoms with Crippen LogP contribution in [-0.2, 0) is 4.74 Å². The van der Waals surface area contributed by atoms with Gasteiger partial charge in [0, 0.05) is 39.3 Å². The van der Waals surface area contributed by atoms with Crippen LogP contribution in [0.2, 0.25) is 0 Å². The van der Waals surface area contributed by atoms with Crippen LogP contribution in [0, 0.1) is 5.82 Å². The number of nitrogens with zero attached hydrogens (tertiary/aromatic N) is 3. The number of likely N-dealkylation sites (tertiary alicyclic amines) is 1. The van der Waals surface area contributed by atoms with E-state index in [0.717, 1.165) is 13.1 Å². The summed E-state index contributed by atoms with van der Waals surface area (Å²) in [4.78, 5) is 35.8. The van der Waals surface area contributed by atoms with Crippen molar-refractivity contribution in [2.45, 2.75) is 45.1 Å². The summed E-state index contributed by atoms with van der Waals surface area (Å²) < 4.78 is 20.3. The van der Waals surface area contributed by atoms with Crippen LogP contribution in [-0.4, -0.2) is 76.6 Å². The lowest BCUT2D eigenvalue weighted by Gasteiger charge is -2.33. The number of rotatable bonds is 2. The second kappa shape index (κ2) is 8.45. The molecule has 2 N–H and O–H groups in total. The van der Waals surface area contributed by atoms with Crippen LogP contribution in [0.15, 0.2) is 12.1 Å². The zero-order valence-corrected chi connectivity index (χ0v) is 18.3. The Labute approximate surface area is 181 Å². The smallest absolute Gasteiger partial charge is 0.410 e. The lowest BCUT2D eigenvalue weighted by atomic mass is 9.89. The lowest BCUT2D eigenvalue weighted by molar-refractivity contribution is 0.0204. The highest BCUT2D eigenvalue weighted by atomic mass is 19.1. The molecule has 2 amide bonds. The topological polar surface area (TPSA) is 90.6 Å². The maximum Gasteiger partial charge on any atom is 0.410 e. The number of carbonyl (C=O) groups excluding carboxylic acids is 2. The van der Waals surface area contributed by atoms with Gasteiger partial charge in [-0.1, -0.05) is 0 Å². The molecule has 0 saturated carbocycles. The minimum absolute atomic E-state index is 0.00731. The van der Waals surface area contributed by atoms with E-state index in [1.807, 2.05) is 20.8 Å². The zero-order valence-electron chi connectivity index (χ0n) is 18.3.